The van der Waals surface area contributed by atoms with E-state index in [4.69, 9.17) is 15.0 Å². The Kier molecular flexibility index (Phi) is 5.29. The number of hydrogen-bond donors (Lipinski definition) is 0. The number of nitrogens with zero attached hydrogens (tertiary/aromatic N) is 4. The number of thiophene rings is 2. The van der Waals surface area contributed by atoms with Crippen LogP contribution in [0.1, 0.15) is 0 Å². The normalized spacial score (nSPS) is 12.0. The van der Waals surface area contributed by atoms with Gasteiger partial charge in [0, 0.05) is 62.2 Å². The van der Waals surface area contributed by atoms with Crippen molar-refractivity contribution in [3.63, 3.8) is 0 Å². The van der Waals surface area contributed by atoms with E-state index in [-0.39, 0.29) is 0 Å². The summed E-state index contributed by atoms with van der Waals surface area (Å²) in [5, 5.41) is 7.71. The number of rotatable bonds is 3. The first-order valence-electron chi connectivity index (χ1n) is 14.9. The molecule has 4 aromatic heterocycles. The van der Waals surface area contributed by atoms with Gasteiger partial charge in [0.2, 0.25) is 5.95 Å². The highest BCUT2D eigenvalue weighted by Gasteiger charge is 2.20. The summed E-state index contributed by atoms with van der Waals surface area (Å²) in [5.74, 6) is 1.92. The third-order valence-electron chi connectivity index (χ3n) is 8.66. The molecule has 0 radical (unpaired) electrons. The van der Waals surface area contributed by atoms with Gasteiger partial charge in [-0.05, 0) is 36.4 Å². The van der Waals surface area contributed by atoms with Crippen molar-refractivity contribution in [2.24, 2.45) is 0 Å². The smallest absolute Gasteiger partial charge is 0.238 e. The number of fused-ring (bicyclic) bond motifs is 10. The molecule has 0 N–H and O–H groups in total. The highest BCUT2D eigenvalue weighted by molar-refractivity contribution is 7.28. The predicted molar refractivity (Wildman–Crippen MR) is 191 cm³/mol. The molecule has 0 spiro atoms. The van der Waals surface area contributed by atoms with Crippen LogP contribution in [-0.4, -0.2) is 19.5 Å². The molecule has 4 heterocycles. The minimum Gasteiger partial charge on any atom is -0.278 e. The Hall–Kier alpha value is -5.43. The minimum absolute atomic E-state index is 0.612. The summed E-state index contributed by atoms with van der Waals surface area (Å²) in [7, 11) is 0. The van der Waals surface area contributed by atoms with Crippen LogP contribution >= 0.6 is 22.7 Å². The van der Waals surface area contributed by atoms with Gasteiger partial charge in [-0.25, -0.2) is 4.98 Å². The molecule has 210 valence electrons. The fourth-order valence-electron chi connectivity index (χ4n) is 6.66. The Bertz CT molecular complexity index is 2700. The van der Waals surface area contributed by atoms with Gasteiger partial charge < -0.3 is 0 Å². The quantitative estimate of drug-likeness (QED) is 0.200. The Balaban J connectivity index is 1.31. The summed E-state index contributed by atoms with van der Waals surface area (Å²) in [6.07, 6.45) is 0. The second-order valence-electron chi connectivity index (χ2n) is 11.2. The Morgan fingerprint density at radius 3 is 1.69 bits per heavy atom. The fourth-order valence-corrected chi connectivity index (χ4v) is 8.90. The van der Waals surface area contributed by atoms with Gasteiger partial charge in [-0.3, -0.25) is 4.57 Å². The van der Waals surface area contributed by atoms with E-state index in [2.05, 4.69) is 102 Å². The topological polar surface area (TPSA) is 43.6 Å². The molecule has 4 nitrogen and oxygen atoms in total. The van der Waals surface area contributed by atoms with Crippen molar-refractivity contribution >= 4 is 84.8 Å². The lowest BCUT2D eigenvalue weighted by Gasteiger charge is -2.11. The van der Waals surface area contributed by atoms with Crippen LogP contribution in [0.5, 0.6) is 0 Å². The molecule has 0 saturated heterocycles. The molecule has 0 amide bonds. The molecular formula is C39H22N4S2. The molecule has 0 bridgehead atoms. The van der Waals surface area contributed by atoms with Crippen LogP contribution in [0.15, 0.2) is 133 Å². The summed E-state index contributed by atoms with van der Waals surface area (Å²) < 4.78 is 7.44. The van der Waals surface area contributed by atoms with Crippen LogP contribution in [0.3, 0.4) is 0 Å². The van der Waals surface area contributed by atoms with E-state index in [1.807, 2.05) is 59.1 Å². The molecule has 0 atom stereocenters. The van der Waals surface area contributed by atoms with Gasteiger partial charge in [-0.2, -0.15) is 9.97 Å². The highest BCUT2D eigenvalue weighted by Crippen LogP contribution is 2.46. The Morgan fingerprint density at radius 2 is 0.978 bits per heavy atom. The zero-order valence-corrected chi connectivity index (χ0v) is 25.4. The van der Waals surface area contributed by atoms with Crippen molar-refractivity contribution in [1.29, 1.82) is 0 Å². The summed E-state index contributed by atoms with van der Waals surface area (Å²) in [6.45, 7) is 0. The lowest BCUT2D eigenvalue weighted by Crippen LogP contribution is -2.06. The lowest BCUT2D eigenvalue weighted by atomic mass is 10.0. The Morgan fingerprint density at radius 1 is 0.400 bits per heavy atom. The molecule has 6 aromatic carbocycles. The van der Waals surface area contributed by atoms with Crippen molar-refractivity contribution in [2.45, 2.75) is 0 Å². The fraction of sp³-hybridized carbons (Fsp3) is 0. The van der Waals surface area contributed by atoms with E-state index < -0.39 is 0 Å². The van der Waals surface area contributed by atoms with E-state index >= 15 is 0 Å². The van der Waals surface area contributed by atoms with Crippen molar-refractivity contribution in [3.8, 4) is 28.7 Å². The molecule has 0 saturated carbocycles. The van der Waals surface area contributed by atoms with E-state index in [0.29, 0.717) is 17.6 Å². The van der Waals surface area contributed by atoms with Gasteiger partial charge in [0.25, 0.3) is 0 Å². The maximum Gasteiger partial charge on any atom is 0.238 e. The molecule has 0 aliphatic carbocycles. The predicted octanol–water partition coefficient (Wildman–Crippen LogP) is 11.0. The zero-order valence-electron chi connectivity index (χ0n) is 23.8. The van der Waals surface area contributed by atoms with Gasteiger partial charge >= 0.3 is 0 Å². The van der Waals surface area contributed by atoms with E-state index in [0.717, 1.165) is 22.2 Å². The molecule has 45 heavy (non-hydrogen) atoms. The lowest BCUT2D eigenvalue weighted by molar-refractivity contribution is 0.954. The third kappa shape index (κ3) is 3.73. The summed E-state index contributed by atoms with van der Waals surface area (Å²) in [4.78, 5) is 15.2. The van der Waals surface area contributed by atoms with Crippen molar-refractivity contribution in [3.05, 3.63) is 133 Å². The van der Waals surface area contributed by atoms with Crippen LogP contribution in [0.25, 0.3) is 90.9 Å². The van der Waals surface area contributed by atoms with Crippen LogP contribution in [0.4, 0.5) is 0 Å². The SMILES string of the molecule is c1ccc(-c2nc(-c3ccccc3)nc(-n3c4ccccc4c4cc5c(cc43)sc3ccc4sc6ccccc6c4c35)n2)cc1. The number of hydrogen-bond acceptors (Lipinski definition) is 5. The van der Waals surface area contributed by atoms with Crippen LogP contribution in [0.2, 0.25) is 0 Å². The van der Waals surface area contributed by atoms with E-state index in [9.17, 15) is 0 Å². The molecular weight excluding hydrogens is 589 g/mol. The first-order chi connectivity index (χ1) is 22.3. The summed E-state index contributed by atoms with van der Waals surface area (Å²) in [6, 6.07) is 47.0. The molecule has 0 aliphatic heterocycles. The van der Waals surface area contributed by atoms with Gasteiger partial charge in [0.15, 0.2) is 11.6 Å². The van der Waals surface area contributed by atoms with Gasteiger partial charge in [-0.15, -0.1) is 22.7 Å². The maximum absolute atomic E-state index is 5.11. The first kappa shape index (κ1) is 25.0. The molecule has 0 aliphatic rings. The molecule has 0 fully saturated rings. The van der Waals surface area contributed by atoms with E-state index in [1.165, 1.54) is 51.1 Å². The minimum atomic E-state index is 0.612. The average Bonchev–Trinajstić information content (AvgIpc) is 3.76. The highest BCUT2D eigenvalue weighted by atomic mass is 32.1. The summed E-state index contributed by atoms with van der Waals surface area (Å²) >= 11 is 3.73. The monoisotopic (exact) mass is 610 g/mol. The number of benzene rings is 6. The third-order valence-corrected chi connectivity index (χ3v) is 10.9. The second-order valence-corrected chi connectivity index (χ2v) is 13.4. The van der Waals surface area contributed by atoms with Crippen molar-refractivity contribution < 1.29 is 0 Å². The van der Waals surface area contributed by atoms with Crippen LogP contribution < -0.4 is 0 Å². The van der Waals surface area contributed by atoms with Crippen molar-refractivity contribution in [2.75, 3.05) is 0 Å². The standard InChI is InChI=1S/C39H22N4S2/c1-3-11-23(12-4-1)37-40-38(24-13-5-2-6-14-24)42-39(41-37)43-29-17-9-7-15-25(29)27-21-28-34(22-30(27)43)45-33-20-19-32-35(36(28)33)26-16-8-10-18-31(26)44-32/h1-22H. The number of para-hydroxylation sites is 1. The number of aromatic nitrogens is 4. The Labute approximate surface area is 265 Å². The van der Waals surface area contributed by atoms with Gasteiger partial charge in [-0.1, -0.05) is 97.1 Å². The summed E-state index contributed by atoms with van der Waals surface area (Å²) in [5.41, 5.74) is 4.08. The largest absolute Gasteiger partial charge is 0.278 e. The van der Waals surface area contributed by atoms with Crippen LogP contribution in [-0.2, 0) is 0 Å². The maximum atomic E-state index is 5.11. The van der Waals surface area contributed by atoms with E-state index in [1.54, 1.807) is 0 Å². The molecule has 10 rings (SSSR count). The van der Waals surface area contributed by atoms with Crippen molar-refractivity contribution in [1.82, 2.24) is 19.5 Å². The zero-order chi connectivity index (χ0) is 29.5. The van der Waals surface area contributed by atoms with Crippen LogP contribution in [0, 0.1) is 0 Å². The average molecular weight is 611 g/mol. The van der Waals surface area contributed by atoms with Gasteiger partial charge in [0.1, 0.15) is 0 Å². The molecule has 6 heteroatoms. The molecule has 10 aromatic rings. The second kappa shape index (κ2) is 9.53. The molecule has 0 unspecified atom stereocenters. The first-order valence-corrected chi connectivity index (χ1v) is 16.5. The van der Waals surface area contributed by atoms with Gasteiger partial charge in [0.05, 0.1) is 11.0 Å².